The average Bonchev–Trinajstić information content (AvgIpc) is 2.84. The summed E-state index contributed by atoms with van der Waals surface area (Å²) < 4.78 is 0. The second-order valence-electron chi connectivity index (χ2n) is 7.85. The van der Waals surface area contributed by atoms with Gasteiger partial charge in [-0.3, -0.25) is 14.8 Å². The summed E-state index contributed by atoms with van der Waals surface area (Å²) in [4.78, 5) is 26.2. The monoisotopic (exact) mass is 328 g/mol. The zero-order valence-corrected chi connectivity index (χ0v) is 13.9. The van der Waals surface area contributed by atoms with Crippen molar-refractivity contribution in [2.75, 3.05) is 13.1 Å². The number of carbonyl (C=O) groups is 2. The highest BCUT2D eigenvalue weighted by atomic mass is 16.5. The van der Waals surface area contributed by atoms with Crippen molar-refractivity contribution in [1.82, 2.24) is 10.4 Å². The average molecular weight is 328 g/mol. The Morgan fingerprint density at radius 2 is 2.12 bits per heavy atom. The number of aryl methyl sites for hydroxylation is 1. The van der Waals surface area contributed by atoms with Gasteiger partial charge in [0.15, 0.2) is 0 Å². The molecule has 5 heteroatoms. The topological polar surface area (TPSA) is 69.6 Å². The maximum atomic E-state index is 12.5. The molecule has 1 atom stereocenters. The molecule has 2 fully saturated rings. The van der Waals surface area contributed by atoms with Crippen molar-refractivity contribution in [3.05, 3.63) is 34.9 Å². The predicted octanol–water partition coefficient (Wildman–Crippen LogP) is 2.31. The van der Waals surface area contributed by atoms with Crippen molar-refractivity contribution in [3.8, 4) is 0 Å². The van der Waals surface area contributed by atoms with E-state index < -0.39 is 5.91 Å². The molecule has 1 saturated carbocycles. The van der Waals surface area contributed by atoms with Gasteiger partial charge >= 0.3 is 0 Å². The first kappa shape index (κ1) is 15.6. The third-order valence-corrected chi connectivity index (χ3v) is 6.17. The van der Waals surface area contributed by atoms with Gasteiger partial charge in [0.2, 0.25) is 5.91 Å². The minimum atomic E-state index is -0.480. The Kier molecular flexibility index (Phi) is 3.83. The lowest BCUT2D eigenvalue weighted by Gasteiger charge is -2.35. The molecule has 4 rings (SSSR count). The molecule has 1 spiro atoms. The molecule has 0 aromatic heterocycles. The number of fused-ring (bicyclic) bond motifs is 1. The Morgan fingerprint density at radius 3 is 2.83 bits per heavy atom. The van der Waals surface area contributed by atoms with Gasteiger partial charge in [0, 0.05) is 30.5 Å². The molecule has 3 aliphatic rings. The van der Waals surface area contributed by atoms with Gasteiger partial charge in [0.25, 0.3) is 5.91 Å². The minimum Gasteiger partial charge on any atom is -0.342 e. The standard InChI is InChI=1S/C19H24N2O3/c22-17-10-19(12-21(17)11-13-2-1-3-13)7-6-14-4-5-15(18(23)20-24)8-16(14)9-19/h4-5,8,13,24H,1-3,6-7,9-12H2,(H,20,23)/t19-/m1/s1. The Balaban J connectivity index is 1.52. The number of nitrogens with zero attached hydrogens (tertiary/aromatic N) is 1. The molecule has 1 aliphatic heterocycles. The van der Waals surface area contributed by atoms with E-state index in [-0.39, 0.29) is 5.41 Å². The zero-order chi connectivity index (χ0) is 16.7. The highest BCUT2D eigenvalue weighted by Crippen LogP contribution is 2.44. The fourth-order valence-electron chi connectivity index (χ4n) is 4.55. The molecular formula is C19H24N2O3. The first-order chi connectivity index (χ1) is 11.6. The van der Waals surface area contributed by atoms with Gasteiger partial charge in [-0.05, 0) is 61.3 Å². The maximum Gasteiger partial charge on any atom is 0.274 e. The molecular weight excluding hydrogens is 304 g/mol. The summed E-state index contributed by atoms with van der Waals surface area (Å²) in [6.45, 7) is 1.79. The largest absolute Gasteiger partial charge is 0.342 e. The van der Waals surface area contributed by atoms with E-state index in [4.69, 9.17) is 5.21 Å². The van der Waals surface area contributed by atoms with E-state index in [1.807, 2.05) is 12.1 Å². The number of amides is 2. The van der Waals surface area contributed by atoms with Crippen LogP contribution in [-0.4, -0.2) is 35.0 Å². The summed E-state index contributed by atoms with van der Waals surface area (Å²) in [6, 6.07) is 5.61. The van der Waals surface area contributed by atoms with Crippen LogP contribution in [0.15, 0.2) is 18.2 Å². The van der Waals surface area contributed by atoms with Crippen LogP contribution in [0.5, 0.6) is 0 Å². The van der Waals surface area contributed by atoms with E-state index >= 15 is 0 Å². The Morgan fingerprint density at radius 1 is 1.29 bits per heavy atom. The van der Waals surface area contributed by atoms with Crippen LogP contribution in [0.3, 0.4) is 0 Å². The van der Waals surface area contributed by atoms with Gasteiger partial charge in [-0.2, -0.15) is 0 Å². The van der Waals surface area contributed by atoms with Crippen molar-refractivity contribution >= 4 is 11.8 Å². The van der Waals surface area contributed by atoms with Crippen molar-refractivity contribution in [2.45, 2.75) is 44.9 Å². The number of hydrogen-bond acceptors (Lipinski definition) is 3. The van der Waals surface area contributed by atoms with Crippen molar-refractivity contribution in [3.63, 3.8) is 0 Å². The minimum absolute atomic E-state index is 0.0299. The molecule has 2 amide bonds. The van der Waals surface area contributed by atoms with Crippen LogP contribution in [0, 0.1) is 11.3 Å². The normalized spacial score (nSPS) is 26.4. The van der Waals surface area contributed by atoms with Gasteiger partial charge in [0.05, 0.1) is 0 Å². The lowest BCUT2D eigenvalue weighted by Crippen LogP contribution is -2.37. The SMILES string of the molecule is O=C(NO)c1ccc2c(c1)C[C@]1(CC2)CC(=O)N(CC2CCC2)C1. The summed E-state index contributed by atoms with van der Waals surface area (Å²) in [6.07, 6.45) is 7.32. The lowest BCUT2D eigenvalue weighted by molar-refractivity contribution is -0.128. The molecule has 1 saturated heterocycles. The molecule has 5 nitrogen and oxygen atoms in total. The predicted molar refractivity (Wildman–Crippen MR) is 88.7 cm³/mol. The second-order valence-corrected chi connectivity index (χ2v) is 7.85. The highest BCUT2D eigenvalue weighted by Gasteiger charge is 2.45. The molecule has 2 aliphatic carbocycles. The van der Waals surface area contributed by atoms with E-state index in [1.165, 1.54) is 24.8 Å². The van der Waals surface area contributed by atoms with E-state index in [0.717, 1.165) is 37.9 Å². The number of hydrogen-bond donors (Lipinski definition) is 2. The van der Waals surface area contributed by atoms with Crippen LogP contribution in [-0.2, 0) is 17.6 Å². The van der Waals surface area contributed by atoms with E-state index in [0.29, 0.717) is 23.8 Å². The summed E-state index contributed by atoms with van der Waals surface area (Å²) in [5, 5.41) is 8.83. The van der Waals surface area contributed by atoms with Crippen LogP contribution >= 0.6 is 0 Å². The quantitative estimate of drug-likeness (QED) is 0.661. The van der Waals surface area contributed by atoms with Crippen LogP contribution in [0.25, 0.3) is 0 Å². The van der Waals surface area contributed by atoms with Gasteiger partial charge in [-0.25, -0.2) is 5.48 Å². The third kappa shape index (κ3) is 2.71. The van der Waals surface area contributed by atoms with Gasteiger partial charge < -0.3 is 4.90 Å². The summed E-state index contributed by atoms with van der Waals surface area (Å²) in [5.41, 5.74) is 4.62. The van der Waals surface area contributed by atoms with E-state index in [1.54, 1.807) is 11.5 Å². The third-order valence-electron chi connectivity index (χ3n) is 6.17. The molecule has 1 aromatic rings. The zero-order valence-electron chi connectivity index (χ0n) is 13.9. The van der Waals surface area contributed by atoms with Crippen LogP contribution in [0.2, 0.25) is 0 Å². The molecule has 24 heavy (non-hydrogen) atoms. The number of hydroxylamine groups is 1. The molecule has 2 N–H and O–H groups in total. The highest BCUT2D eigenvalue weighted by molar-refractivity contribution is 5.93. The molecule has 1 aromatic carbocycles. The molecule has 128 valence electrons. The van der Waals surface area contributed by atoms with Crippen molar-refractivity contribution in [1.29, 1.82) is 0 Å². The number of benzene rings is 1. The van der Waals surface area contributed by atoms with E-state index in [9.17, 15) is 9.59 Å². The fraction of sp³-hybridized carbons (Fsp3) is 0.579. The van der Waals surface area contributed by atoms with Gasteiger partial charge in [-0.1, -0.05) is 12.5 Å². The number of rotatable bonds is 3. The summed E-state index contributed by atoms with van der Waals surface area (Å²) >= 11 is 0. The molecule has 0 bridgehead atoms. The maximum absolute atomic E-state index is 12.5. The summed E-state index contributed by atoms with van der Waals surface area (Å²) in [7, 11) is 0. The second kappa shape index (κ2) is 5.88. The van der Waals surface area contributed by atoms with Crippen LogP contribution < -0.4 is 5.48 Å². The van der Waals surface area contributed by atoms with Crippen molar-refractivity contribution in [2.24, 2.45) is 11.3 Å². The molecule has 0 unspecified atom stereocenters. The fourth-order valence-corrected chi connectivity index (χ4v) is 4.55. The van der Waals surface area contributed by atoms with Crippen molar-refractivity contribution < 1.29 is 14.8 Å². The first-order valence-electron chi connectivity index (χ1n) is 8.93. The molecule has 1 heterocycles. The Hall–Kier alpha value is -1.88. The number of likely N-dealkylation sites (tertiary alicyclic amines) is 1. The Bertz CT molecular complexity index is 683. The lowest BCUT2D eigenvalue weighted by atomic mass is 9.70. The van der Waals surface area contributed by atoms with E-state index in [2.05, 4.69) is 4.90 Å². The number of carbonyl (C=O) groups excluding carboxylic acids is 2. The molecule has 0 radical (unpaired) electrons. The first-order valence-corrected chi connectivity index (χ1v) is 8.93. The summed E-state index contributed by atoms with van der Waals surface area (Å²) in [5.74, 6) is 0.529. The van der Waals surface area contributed by atoms with Crippen LogP contribution in [0.4, 0.5) is 0 Å². The van der Waals surface area contributed by atoms with Gasteiger partial charge in [-0.15, -0.1) is 0 Å². The van der Waals surface area contributed by atoms with Gasteiger partial charge in [0.1, 0.15) is 0 Å². The smallest absolute Gasteiger partial charge is 0.274 e. The number of nitrogens with one attached hydrogen (secondary N) is 1. The Labute approximate surface area is 142 Å². The van der Waals surface area contributed by atoms with Crippen LogP contribution in [0.1, 0.15) is 53.6 Å².